The van der Waals surface area contributed by atoms with Crippen LogP contribution in [0, 0.1) is 9.49 Å². The molecule has 0 unspecified atom stereocenters. The molecule has 8 rings (SSSR count). The Labute approximate surface area is 200 Å². The molecule has 3 heterocycles. The first-order valence-electron chi connectivity index (χ1n) is 11.2. The third kappa shape index (κ3) is 2.54. The van der Waals surface area contributed by atoms with Crippen LogP contribution in [0.1, 0.15) is 54.6 Å². The summed E-state index contributed by atoms with van der Waals surface area (Å²) in [6, 6.07) is 19.4. The van der Waals surface area contributed by atoms with Crippen molar-refractivity contribution < 1.29 is 4.42 Å². The molecule has 3 fully saturated rings. The molecule has 2 aromatic carbocycles. The maximum Gasteiger partial charge on any atom is 0.154 e. The van der Waals surface area contributed by atoms with Crippen molar-refractivity contribution in [2.75, 3.05) is 0 Å². The average Bonchev–Trinajstić information content (AvgIpc) is 3.38. The number of halogens is 1. The lowest BCUT2D eigenvalue weighted by Gasteiger charge is -2.62. The molecule has 158 valence electrons. The van der Waals surface area contributed by atoms with Gasteiger partial charge in [-0.1, -0.05) is 24.3 Å². The molecule has 0 spiro atoms. The van der Waals surface area contributed by atoms with Crippen LogP contribution < -0.4 is 0 Å². The number of imidazole rings is 1. The van der Waals surface area contributed by atoms with Crippen LogP contribution >= 0.6 is 22.6 Å². The van der Waals surface area contributed by atoms with Crippen molar-refractivity contribution in [3.05, 3.63) is 93.1 Å². The molecule has 4 aliphatic rings. The smallest absolute Gasteiger partial charge is 0.154 e. The number of furan rings is 1. The highest BCUT2D eigenvalue weighted by Crippen LogP contribution is 2.65. The molecule has 2 bridgehead atoms. The van der Waals surface area contributed by atoms with Crippen LogP contribution in [-0.2, 0) is 5.41 Å². The van der Waals surface area contributed by atoms with Crippen LogP contribution in [0.2, 0.25) is 0 Å². The maximum atomic E-state index is 5.72. The van der Waals surface area contributed by atoms with Gasteiger partial charge in [0.2, 0.25) is 0 Å². The monoisotopic (exact) mass is 531 g/mol. The molecule has 0 amide bonds. The lowest BCUT2D eigenvalue weighted by Crippen LogP contribution is -2.55. The van der Waals surface area contributed by atoms with Crippen LogP contribution in [0.3, 0.4) is 0 Å². The summed E-state index contributed by atoms with van der Waals surface area (Å²) in [5.74, 6) is 1.73. The Bertz CT molecular complexity index is 1380. The average molecular weight is 531 g/mol. The molecule has 3 saturated carbocycles. The Hall–Kier alpha value is -2.67. The molecule has 1 aliphatic heterocycles. The third-order valence-electron chi connectivity index (χ3n) is 7.57. The fourth-order valence-electron chi connectivity index (χ4n) is 5.84. The van der Waals surface area contributed by atoms with Crippen molar-refractivity contribution in [1.82, 2.24) is 9.55 Å². The molecule has 0 saturated heterocycles. The van der Waals surface area contributed by atoms with E-state index >= 15 is 0 Å². The second kappa shape index (κ2) is 6.67. The zero-order chi connectivity index (χ0) is 21.4. The third-order valence-corrected chi connectivity index (χ3v) is 8.51. The molecule has 2 aromatic heterocycles. The molecular formula is C27H22IN3O. The van der Waals surface area contributed by atoms with E-state index < -0.39 is 0 Å². The van der Waals surface area contributed by atoms with Gasteiger partial charge in [0, 0.05) is 14.7 Å². The van der Waals surface area contributed by atoms with E-state index in [4.69, 9.17) is 14.4 Å². The van der Waals surface area contributed by atoms with Gasteiger partial charge in [-0.25, -0.2) is 4.98 Å². The number of hydrogen-bond acceptors (Lipinski definition) is 3. The molecule has 0 N–H and O–H groups in total. The zero-order valence-corrected chi connectivity index (χ0v) is 19.9. The number of aromatic nitrogens is 2. The molecule has 5 heteroatoms. The summed E-state index contributed by atoms with van der Waals surface area (Å²) in [5, 5.41) is 0. The Morgan fingerprint density at radius 1 is 1.03 bits per heavy atom. The second-order valence-corrected chi connectivity index (χ2v) is 10.6. The Morgan fingerprint density at radius 2 is 1.88 bits per heavy atom. The van der Waals surface area contributed by atoms with E-state index in [1.54, 1.807) is 6.26 Å². The van der Waals surface area contributed by atoms with E-state index in [-0.39, 0.29) is 6.04 Å². The highest BCUT2D eigenvalue weighted by Gasteiger charge is 2.57. The van der Waals surface area contributed by atoms with Gasteiger partial charge in [-0.2, -0.15) is 0 Å². The molecule has 32 heavy (non-hydrogen) atoms. The SMILES string of the molecule is C[C@H]1N=C(c2ccccc2I)c2cc(C34CC(C3)C4)ccc2-n2cnc(-c3ccco3)c21. The number of hydrogen-bond donors (Lipinski definition) is 0. The van der Waals surface area contributed by atoms with Crippen molar-refractivity contribution in [3.63, 3.8) is 0 Å². The van der Waals surface area contributed by atoms with E-state index in [0.717, 1.165) is 34.5 Å². The lowest BCUT2D eigenvalue weighted by molar-refractivity contribution is -0.0274. The van der Waals surface area contributed by atoms with E-state index in [0.29, 0.717) is 5.41 Å². The number of rotatable bonds is 3. The quantitative estimate of drug-likeness (QED) is 0.276. The molecular weight excluding hydrogens is 509 g/mol. The van der Waals surface area contributed by atoms with Crippen LogP contribution in [0.25, 0.3) is 17.1 Å². The standard InChI is InChI=1S/C27H22IN3O/c1-16-26-25(23-7-4-10-32-23)29-15-31(26)22-9-8-18(27-12-17(13-27)14-27)11-20(22)24(30-16)19-5-2-3-6-21(19)28/h2-11,15-17H,12-14H2,1H3/t16-,17?,27?/m1/s1. The van der Waals surface area contributed by atoms with Crippen LogP contribution in [0.15, 0.2) is 76.6 Å². The summed E-state index contributed by atoms with van der Waals surface area (Å²) in [6.45, 7) is 2.16. The maximum absolute atomic E-state index is 5.72. The summed E-state index contributed by atoms with van der Waals surface area (Å²) in [6.07, 6.45) is 7.66. The van der Waals surface area contributed by atoms with Crippen molar-refractivity contribution in [2.24, 2.45) is 10.9 Å². The molecule has 4 nitrogen and oxygen atoms in total. The Morgan fingerprint density at radius 3 is 2.59 bits per heavy atom. The van der Waals surface area contributed by atoms with Gasteiger partial charge in [0.1, 0.15) is 12.0 Å². The van der Waals surface area contributed by atoms with Gasteiger partial charge >= 0.3 is 0 Å². The van der Waals surface area contributed by atoms with Gasteiger partial charge < -0.3 is 4.42 Å². The summed E-state index contributed by atoms with van der Waals surface area (Å²) in [4.78, 5) is 10.1. The largest absolute Gasteiger partial charge is 0.463 e. The van der Waals surface area contributed by atoms with E-state index in [9.17, 15) is 0 Å². The molecule has 0 radical (unpaired) electrons. The van der Waals surface area contributed by atoms with Crippen molar-refractivity contribution >= 4 is 28.3 Å². The first kappa shape index (κ1) is 18.9. The normalized spacial score (nSPS) is 25.1. The Kier molecular flexibility index (Phi) is 3.93. The summed E-state index contributed by atoms with van der Waals surface area (Å²) >= 11 is 2.43. The highest BCUT2D eigenvalue weighted by molar-refractivity contribution is 14.1. The lowest BCUT2D eigenvalue weighted by atomic mass is 9.42. The molecule has 3 aliphatic carbocycles. The zero-order valence-electron chi connectivity index (χ0n) is 17.8. The van der Waals surface area contributed by atoms with E-state index in [1.807, 2.05) is 18.5 Å². The van der Waals surface area contributed by atoms with E-state index in [2.05, 4.69) is 76.5 Å². The van der Waals surface area contributed by atoms with Crippen molar-refractivity contribution in [2.45, 2.75) is 37.6 Å². The Balaban J connectivity index is 1.49. The van der Waals surface area contributed by atoms with E-state index in [1.165, 1.54) is 39.5 Å². The fourth-order valence-corrected chi connectivity index (χ4v) is 6.48. The number of nitrogens with zero attached hydrogens (tertiary/aromatic N) is 3. The first-order chi connectivity index (χ1) is 15.6. The van der Waals surface area contributed by atoms with Crippen molar-refractivity contribution in [3.8, 4) is 17.1 Å². The summed E-state index contributed by atoms with van der Waals surface area (Å²) < 4.78 is 9.15. The second-order valence-electron chi connectivity index (χ2n) is 9.45. The predicted octanol–water partition coefficient (Wildman–Crippen LogP) is 6.70. The minimum absolute atomic E-state index is 0.0607. The fraction of sp³-hybridized carbons (Fsp3) is 0.259. The van der Waals surface area contributed by atoms with Gasteiger partial charge in [-0.3, -0.25) is 9.56 Å². The van der Waals surface area contributed by atoms with Gasteiger partial charge in [0.05, 0.1) is 29.4 Å². The summed E-state index contributed by atoms with van der Waals surface area (Å²) in [7, 11) is 0. The van der Waals surface area contributed by atoms with Gasteiger partial charge in [0.15, 0.2) is 5.76 Å². The minimum atomic E-state index is -0.0607. The van der Waals surface area contributed by atoms with Gasteiger partial charge in [-0.05, 0) is 96.0 Å². The van der Waals surface area contributed by atoms with Gasteiger partial charge in [-0.15, -0.1) is 0 Å². The number of aliphatic imine (C=N–C) groups is 1. The molecule has 4 aromatic rings. The van der Waals surface area contributed by atoms with Crippen LogP contribution in [0.5, 0.6) is 0 Å². The van der Waals surface area contributed by atoms with Crippen LogP contribution in [0.4, 0.5) is 0 Å². The molecule has 1 atom stereocenters. The van der Waals surface area contributed by atoms with Crippen molar-refractivity contribution in [1.29, 1.82) is 0 Å². The first-order valence-corrected chi connectivity index (χ1v) is 12.3. The number of fused-ring (bicyclic) bond motifs is 3. The summed E-state index contributed by atoms with van der Waals surface area (Å²) in [5.41, 5.74) is 8.41. The predicted molar refractivity (Wildman–Crippen MR) is 133 cm³/mol. The minimum Gasteiger partial charge on any atom is -0.463 e. The number of benzene rings is 2. The highest BCUT2D eigenvalue weighted by atomic mass is 127. The van der Waals surface area contributed by atoms with Gasteiger partial charge in [0.25, 0.3) is 0 Å². The van der Waals surface area contributed by atoms with Crippen LogP contribution in [-0.4, -0.2) is 15.3 Å². The topological polar surface area (TPSA) is 43.3 Å².